The maximum absolute atomic E-state index is 2.45. The average Bonchev–Trinajstić information content (AvgIpc) is 3.69. The quantitative estimate of drug-likeness (QED) is 0.178. The summed E-state index contributed by atoms with van der Waals surface area (Å²) in [5.41, 5.74) is 14.4. The van der Waals surface area contributed by atoms with Crippen molar-refractivity contribution in [2.75, 3.05) is 0 Å². The summed E-state index contributed by atoms with van der Waals surface area (Å²) in [6, 6.07) is 70.4. The van der Waals surface area contributed by atoms with Gasteiger partial charge in [-0.25, -0.2) is 0 Å². The summed E-state index contributed by atoms with van der Waals surface area (Å²) < 4.78 is 4.89. The third-order valence-electron chi connectivity index (χ3n) is 10.1. The summed E-state index contributed by atoms with van der Waals surface area (Å²) in [6.07, 6.45) is 0. The minimum absolute atomic E-state index is 1.15. The Morgan fingerprint density at radius 2 is 0.620 bits per heavy atom. The highest BCUT2D eigenvalue weighted by atomic mass is 15.0. The van der Waals surface area contributed by atoms with Gasteiger partial charge in [0.05, 0.1) is 22.1 Å². The van der Waals surface area contributed by atoms with E-state index in [1.165, 1.54) is 77.0 Å². The Morgan fingerprint density at radius 1 is 0.220 bits per heavy atom. The highest BCUT2D eigenvalue weighted by Crippen LogP contribution is 2.41. The molecule has 10 aromatic rings. The molecule has 2 aromatic heterocycles. The minimum Gasteiger partial charge on any atom is -0.309 e. The van der Waals surface area contributed by atoms with E-state index < -0.39 is 0 Å². The molecule has 0 saturated carbocycles. The molecule has 0 aliphatic carbocycles. The van der Waals surface area contributed by atoms with Crippen molar-refractivity contribution in [3.05, 3.63) is 194 Å². The molecular weight excluding hydrogens is 605 g/mol. The second kappa shape index (κ2) is 11.5. The van der Waals surface area contributed by atoms with Crippen LogP contribution in [0.1, 0.15) is 0 Å². The molecule has 0 radical (unpaired) electrons. The van der Waals surface area contributed by atoms with Crippen molar-refractivity contribution in [3.63, 3.8) is 0 Å². The monoisotopic (exact) mass is 636 g/mol. The molecule has 10 rings (SSSR count). The number of benzene rings is 8. The largest absolute Gasteiger partial charge is 0.309 e. The molecular formula is C48H32N2. The summed E-state index contributed by atoms with van der Waals surface area (Å²) in [5, 5.41) is 4.96. The first-order chi connectivity index (χ1) is 24.8. The summed E-state index contributed by atoms with van der Waals surface area (Å²) >= 11 is 0. The number of nitrogens with zero attached hydrogens (tertiary/aromatic N) is 2. The minimum atomic E-state index is 1.15. The van der Waals surface area contributed by atoms with E-state index in [2.05, 4.69) is 203 Å². The van der Waals surface area contributed by atoms with E-state index in [1.807, 2.05) is 0 Å². The predicted octanol–water partition coefficient (Wildman–Crippen LogP) is 12.9. The standard InChI is InChI=1S/C48H32N2/c1-4-14-33(15-5-1)36-20-12-22-39(28-36)49-45-25-11-10-24-41(45)43-31-48-44(32-47(43)49)42-30-38(35-18-8-3-9-19-35)26-27-46(42)50(48)40-23-13-21-37(29-40)34-16-6-2-7-17-34/h1-32H. The van der Waals surface area contributed by atoms with Crippen LogP contribution < -0.4 is 0 Å². The van der Waals surface area contributed by atoms with Crippen LogP contribution in [0.2, 0.25) is 0 Å². The van der Waals surface area contributed by atoms with Crippen LogP contribution in [0, 0.1) is 0 Å². The van der Waals surface area contributed by atoms with Gasteiger partial charge in [0.15, 0.2) is 0 Å². The summed E-state index contributed by atoms with van der Waals surface area (Å²) in [6.45, 7) is 0. The fraction of sp³-hybridized carbons (Fsp3) is 0. The topological polar surface area (TPSA) is 9.86 Å². The first-order valence-electron chi connectivity index (χ1n) is 17.2. The molecule has 0 unspecified atom stereocenters. The second-order valence-corrected chi connectivity index (χ2v) is 13.0. The van der Waals surface area contributed by atoms with Gasteiger partial charge < -0.3 is 9.13 Å². The Hall–Kier alpha value is -6.64. The fourth-order valence-corrected chi connectivity index (χ4v) is 7.76. The Bertz CT molecular complexity index is 2840. The Morgan fingerprint density at radius 3 is 1.16 bits per heavy atom. The van der Waals surface area contributed by atoms with E-state index in [-0.39, 0.29) is 0 Å². The van der Waals surface area contributed by atoms with Crippen molar-refractivity contribution in [2.45, 2.75) is 0 Å². The molecule has 2 heterocycles. The number of hydrogen-bond donors (Lipinski definition) is 0. The SMILES string of the molecule is c1ccc(-c2cccc(-n3c4ccccc4c4cc5c(cc43)c3cc(-c4ccccc4)ccc3n5-c3cccc(-c4ccccc4)c3)c2)cc1. The molecule has 50 heavy (non-hydrogen) atoms. The zero-order valence-corrected chi connectivity index (χ0v) is 27.4. The van der Waals surface area contributed by atoms with Gasteiger partial charge in [0, 0.05) is 32.9 Å². The highest BCUT2D eigenvalue weighted by Gasteiger charge is 2.19. The first kappa shape index (κ1) is 28.4. The van der Waals surface area contributed by atoms with Crippen molar-refractivity contribution in [1.29, 1.82) is 0 Å². The van der Waals surface area contributed by atoms with Crippen LogP contribution in [-0.2, 0) is 0 Å². The lowest BCUT2D eigenvalue weighted by Gasteiger charge is -2.12. The summed E-state index contributed by atoms with van der Waals surface area (Å²) in [7, 11) is 0. The van der Waals surface area contributed by atoms with E-state index >= 15 is 0 Å². The molecule has 0 aliphatic rings. The van der Waals surface area contributed by atoms with Gasteiger partial charge in [-0.15, -0.1) is 0 Å². The molecule has 234 valence electrons. The highest BCUT2D eigenvalue weighted by molar-refractivity contribution is 6.19. The number of rotatable bonds is 5. The lowest BCUT2D eigenvalue weighted by molar-refractivity contribution is 1.17. The number of para-hydroxylation sites is 1. The third kappa shape index (κ3) is 4.57. The molecule has 8 aromatic carbocycles. The van der Waals surface area contributed by atoms with E-state index in [9.17, 15) is 0 Å². The van der Waals surface area contributed by atoms with Crippen LogP contribution in [0.4, 0.5) is 0 Å². The van der Waals surface area contributed by atoms with Crippen LogP contribution in [0.25, 0.3) is 88.4 Å². The van der Waals surface area contributed by atoms with Gasteiger partial charge in [0.1, 0.15) is 0 Å². The van der Waals surface area contributed by atoms with Crippen molar-refractivity contribution < 1.29 is 0 Å². The van der Waals surface area contributed by atoms with E-state index in [0.29, 0.717) is 0 Å². The Labute approximate surface area is 290 Å². The summed E-state index contributed by atoms with van der Waals surface area (Å²) in [4.78, 5) is 0. The fourth-order valence-electron chi connectivity index (χ4n) is 7.76. The molecule has 0 atom stereocenters. The third-order valence-corrected chi connectivity index (χ3v) is 10.1. The molecule has 2 nitrogen and oxygen atoms in total. The molecule has 0 saturated heterocycles. The van der Waals surface area contributed by atoms with Gasteiger partial charge >= 0.3 is 0 Å². The van der Waals surface area contributed by atoms with Crippen molar-refractivity contribution in [1.82, 2.24) is 9.13 Å². The van der Waals surface area contributed by atoms with Gasteiger partial charge in [-0.2, -0.15) is 0 Å². The molecule has 0 amide bonds. The van der Waals surface area contributed by atoms with Gasteiger partial charge in [-0.1, -0.05) is 140 Å². The van der Waals surface area contributed by atoms with Gasteiger partial charge in [-0.3, -0.25) is 0 Å². The Balaban J connectivity index is 1.29. The van der Waals surface area contributed by atoms with Crippen molar-refractivity contribution in [3.8, 4) is 44.8 Å². The molecule has 0 fully saturated rings. The number of hydrogen-bond acceptors (Lipinski definition) is 0. The maximum Gasteiger partial charge on any atom is 0.0548 e. The van der Waals surface area contributed by atoms with Crippen LogP contribution in [-0.4, -0.2) is 9.13 Å². The molecule has 0 spiro atoms. The lowest BCUT2D eigenvalue weighted by atomic mass is 10.0. The van der Waals surface area contributed by atoms with E-state index in [4.69, 9.17) is 0 Å². The Kier molecular flexibility index (Phi) is 6.53. The maximum atomic E-state index is 2.45. The van der Waals surface area contributed by atoms with Crippen LogP contribution in [0.15, 0.2) is 194 Å². The molecule has 0 aliphatic heterocycles. The molecule has 0 N–H and O–H groups in total. The van der Waals surface area contributed by atoms with Gasteiger partial charge in [-0.05, 0) is 88.0 Å². The van der Waals surface area contributed by atoms with Gasteiger partial charge in [0.2, 0.25) is 0 Å². The number of aromatic nitrogens is 2. The smallest absolute Gasteiger partial charge is 0.0548 e. The average molecular weight is 637 g/mol. The normalized spacial score (nSPS) is 11.6. The van der Waals surface area contributed by atoms with Crippen LogP contribution in [0.5, 0.6) is 0 Å². The van der Waals surface area contributed by atoms with Crippen LogP contribution in [0.3, 0.4) is 0 Å². The van der Waals surface area contributed by atoms with Gasteiger partial charge in [0.25, 0.3) is 0 Å². The second-order valence-electron chi connectivity index (χ2n) is 13.0. The zero-order chi connectivity index (χ0) is 33.0. The molecule has 0 bridgehead atoms. The van der Waals surface area contributed by atoms with Crippen molar-refractivity contribution in [2.24, 2.45) is 0 Å². The van der Waals surface area contributed by atoms with E-state index in [0.717, 1.165) is 11.4 Å². The summed E-state index contributed by atoms with van der Waals surface area (Å²) in [5.74, 6) is 0. The first-order valence-corrected chi connectivity index (χ1v) is 17.2. The van der Waals surface area contributed by atoms with E-state index in [1.54, 1.807) is 0 Å². The van der Waals surface area contributed by atoms with Crippen molar-refractivity contribution >= 4 is 43.6 Å². The predicted molar refractivity (Wildman–Crippen MR) is 211 cm³/mol. The molecule has 2 heteroatoms. The van der Waals surface area contributed by atoms with Crippen LogP contribution >= 0.6 is 0 Å². The zero-order valence-electron chi connectivity index (χ0n) is 27.4. The number of fused-ring (bicyclic) bond motifs is 6. The lowest BCUT2D eigenvalue weighted by Crippen LogP contribution is -1.95.